The number of hydrogen-bond acceptors (Lipinski definition) is 4. The molecule has 0 unspecified atom stereocenters. The number of benzene rings is 2. The van der Waals surface area contributed by atoms with Crippen LogP contribution in [0.2, 0.25) is 0 Å². The third-order valence-corrected chi connectivity index (χ3v) is 7.57. The molecule has 0 bridgehead atoms. The Labute approximate surface area is 190 Å². The molecule has 8 heteroatoms. The van der Waals surface area contributed by atoms with Crippen molar-refractivity contribution in [3.8, 4) is 0 Å². The second kappa shape index (κ2) is 10.3. The molecule has 0 aliphatic carbocycles. The monoisotopic (exact) mass is 457 g/mol. The third-order valence-electron chi connectivity index (χ3n) is 5.75. The summed E-state index contributed by atoms with van der Waals surface area (Å²) in [6.07, 6.45) is 1.25. The molecule has 7 nitrogen and oxygen atoms in total. The molecule has 2 amide bonds. The Morgan fingerprint density at radius 1 is 1.03 bits per heavy atom. The number of likely N-dealkylation sites (tertiary alicyclic amines) is 1. The van der Waals surface area contributed by atoms with E-state index in [1.54, 1.807) is 19.2 Å². The first kappa shape index (κ1) is 23.9. The zero-order chi connectivity index (χ0) is 23.3. The topological polar surface area (TPSA) is 86.8 Å². The van der Waals surface area contributed by atoms with Gasteiger partial charge in [0, 0.05) is 44.2 Å². The van der Waals surface area contributed by atoms with E-state index in [4.69, 9.17) is 0 Å². The molecule has 0 radical (unpaired) electrons. The van der Waals surface area contributed by atoms with Gasteiger partial charge in [-0.25, -0.2) is 8.42 Å². The molecule has 1 N–H and O–H groups in total. The van der Waals surface area contributed by atoms with Gasteiger partial charge in [0.2, 0.25) is 21.8 Å². The van der Waals surface area contributed by atoms with Gasteiger partial charge >= 0.3 is 0 Å². The molecule has 0 aromatic heterocycles. The predicted molar refractivity (Wildman–Crippen MR) is 124 cm³/mol. The fourth-order valence-electron chi connectivity index (χ4n) is 3.79. The summed E-state index contributed by atoms with van der Waals surface area (Å²) in [6.45, 7) is 5.20. The minimum Gasteiger partial charge on any atom is -0.342 e. The van der Waals surface area contributed by atoms with E-state index in [-0.39, 0.29) is 35.1 Å². The molecule has 32 heavy (non-hydrogen) atoms. The summed E-state index contributed by atoms with van der Waals surface area (Å²) in [7, 11) is -2.09. The standard InChI is InChI=1S/C24H31N3O4S/c1-18(2)24(29)27-15-13-20(14-16-27)23(28)25-21-9-11-22(12-10-21)32(30,31)26(3)17-19-7-5-4-6-8-19/h4-12,18,20H,13-17H2,1-3H3,(H,25,28). The molecule has 1 fully saturated rings. The first-order valence-electron chi connectivity index (χ1n) is 10.9. The largest absolute Gasteiger partial charge is 0.342 e. The summed E-state index contributed by atoms with van der Waals surface area (Å²) in [6, 6.07) is 15.6. The molecule has 2 aromatic carbocycles. The molecule has 1 aliphatic rings. The summed E-state index contributed by atoms with van der Waals surface area (Å²) >= 11 is 0. The zero-order valence-corrected chi connectivity index (χ0v) is 19.6. The quantitative estimate of drug-likeness (QED) is 0.691. The molecule has 172 valence electrons. The van der Waals surface area contributed by atoms with Crippen LogP contribution >= 0.6 is 0 Å². The van der Waals surface area contributed by atoms with Crippen molar-refractivity contribution in [3.05, 3.63) is 60.2 Å². The first-order valence-corrected chi connectivity index (χ1v) is 12.3. The van der Waals surface area contributed by atoms with Gasteiger partial charge in [-0.15, -0.1) is 0 Å². The number of amides is 2. The van der Waals surface area contributed by atoms with E-state index < -0.39 is 10.0 Å². The van der Waals surface area contributed by atoms with Crippen molar-refractivity contribution >= 4 is 27.5 Å². The normalized spacial score (nSPS) is 15.2. The summed E-state index contributed by atoms with van der Waals surface area (Å²) in [5, 5.41) is 2.88. The van der Waals surface area contributed by atoms with Crippen molar-refractivity contribution in [1.82, 2.24) is 9.21 Å². The maximum absolute atomic E-state index is 12.9. The van der Waals surface area contributed by atoms with E-state index in [1.807, 2.05) is 49.1 Å². The van der Waals surface area contributed by atoms with Crippen LogP contribution in [0.25, 0.3) is 0 Å². The molecular formula is C24H31N3O4S. The molecule has 0 spiro atoms. The third kappa shape index (κ3) is 5.75. The van der Waals surface area contributed by atoms with Crippen molar-refractivity contribution in [3.63, 3.8) is 0 Å². The van der Waals surface area contributed by atoms with Crippen molar-refractivity contribution in [2.45, 2.75) is 38.1 Å². The summed E-state index contributed by atoms with van der Waals surface area (Å²) in [5.41, 5.74) is 1.46. The smallest absolute Gasteiger partial charge is 0.243 e. The van der Waals surface area contributed by atoms with Gasteiger partial charge < -0.3 is 10.2 Å². The van der Waals surface area contributed by atoms with E-state index in [0.29, 0.717) is 31.6 Å². The van der Waals surface area contributed by atoms with Crippen molar-refractivity contribution in [2.75, 3.05) is 25.5 Å². The van der Waals surface area contributed by atoms with Crippen molar-refractivity contribution in [2.24, 2.45) is 11.8 Å². The number of hydrogen-bond donors (Lipinski definition) is 1. The van der Waals surface area contributed by atoms with Gasteiger partial charge in [-0.2, -0.15) is 4.31 Å². The van der Waals surface area contributed by atoms with E-state index in [9.17, 15) is 18.0 Å². The minimum absolute atomic E-state index is 0.0399. The number of sulfonamides is 1. The minimum atomic E-state index is -3.64. The average Bonchev–Trinajstić information content (AvgIpc) is 2.79. The Balaban J connectivity index is 1.57. The number of rotatable bonds is 7. The van der Waals surface area contributed by atoms with Crippen LogP contribution in [0, 0.1) is 11.8 Å². The maximum Gasteiger partial charge on any atom is 0.243 e. The summed E-state index contributed by atoms with van der Waals surface area (Å²) < 4.78 is 27.0. The van der Waals surface area contributed by atoms with Crippen LogP contribution in [0.3, 0.4) is 0 Å². The van der Waals surface area contributed by atoms with Crippen LogP contribution in [-0.4, -0.2) is 49.6 Å². The van der Waals surface area contributed by atoms with Gasteiger partial charge in [-0.05, 0) is 42.7 Å². The van der Waals surface area contributed by atoms with Gasteiger partial charge in [0.15, 0.2) is 0 Å². The molecule has 1 aliphatic heterocycles. The SMILES string of the molecule is CC(C)C(=O)N1CCC(C(=O)Nc2ccc(S(=O)(=O)N(C)Cc3ccccc3)cc2)CC1. The molecule has 0 saturated carbocycles. The van der Waals surface area contributed by atoms with Gasteiger partial charge in [0.25, 0.3) is 0 Å². The highest BCUT2D eigenvalue weighted by atomic mass is 32.2. The Kier molecular flexibility index (Phi) is 7.69. The van der Waals surface area contributed by atoms with Crippen LogP contribution in [0.4, 0.5) is 5.69 Å². The number of carbonyl (C=O) groups is 2. The van der Waals surface area contributed by atoms with E-state index in [0.717, 1.165) is 5.56 Å². The van der Waals surface area contributed by atoms with E-state index in [2.05, 4.69) is 5.32 Å². The molecule has 3 rings (SSSR count). The van der Waals surface area contributed by atoms with E-state index in [1.165, 1.54) is 16.4 Å². The van der Waals surface area contributed by atoms with Crippen molar-refractivity contribution in [1.29, 1.82) is 0 Å². The van der Waals surface area contributed by atoms with Gasteiger partial charge in [0.1, 0.15) is 0 Å². The highest BCUT2D eigenvalue weighted by molar-refractivity contribution is 7.89. The zero-order valence-electron chi connectivity index (χ0n) is 18.8. The summed E-state index contributed by atoms with van der Waals surface area (Å²) in [5.74, 6) is -0.176. The lowest BCUT2D eigenvalue weighted by Crippen LogP contribution is -2.43. The van der Waals surface area contributed by atoms with Crippen molar-refractivity contribution < 1.29 is 18.0 Å². The Morgan fingerprint density at radius 2 is 1.62 bits per heavy atom. The molecule has 1 saturated heterocycles. The predicted octanol–water partition coefficient (Wildman–Crippen LogP) is 3.34. The molecule has 0 atom stereocenters. The lowest BCUT2D eigenvalue weighted by atomic mass is 9.95. The van der Waals surface area contributed by atoms with Crippen LogP contribution in [0.5, 0.6) is 0 Å². The van der Waals surface area contributed by atoms with Gasteiger partial charge in [-0.1, -0.05) is 44.2 Å². The molecular weight excluding hydrogens is 426 g/mol. The molecule has 2 aromatic rings. The fourth-order valence-corrected chi connectivity index (χ4v) is 4.95. The molecule has 1 heterocycles. The Hall–Kier alpha value is -2.71. The highest BCUT2D eigenvalue weighted by Crippen LogP contribution is 2.23. The summed E-state index contributed by atoms with van der Waals surface area (Å²) in [4.78, 5) is 26.7. The number of piperidine rings is 1. The number of anilines is 1. The first-order chi connectivity index (χ1) is 15.2. The average molecular weight is 458 g/mol. The highest BCUT2D eigenvalue weighted by Gasteiger charge is 2.28. The second-order valence-electron chi connectivity index (χ2n) is 8.51. The Bertz CT molecular complexity index is 1030. The van der Waals surface area contributed by atoms with Crippen LogP contribution in [-0.2, 0) is 26.2 Å². The maximum atomic E-state index is 12.9. The number of nitrogens with zero attached hydrogens (tertiary/aromatic N) is 2. The number of carbonyl (C=O) groups excluding carboxylic acids is 2. The number of nitrogens with one attached hydrogen (secondary N) is 1. The Morgan fingerprint density at radius 3 is 2.19 bits per heavy atom. The van der Waals surface area contributed by atoms with E-state index >= 15 is 0 Å². The second-order valence-corrected chi connectivity index (χ2v) is 10.6. The van der Waals surface area contributed by atoms with Gasteiger partial charge in [0.05, 0.1) is 4.90 Å². The van der Waals surface area contributed by atoms with Crippen LogP contribution < -0.4 is 5.32 Å². The van der Waals surface area contributed by atoms with Gasteiger partial charge in [-0.3, -0.25) is 9.59 Å². The lowest BCUT2D eigenvalue weighted by Gasteiger charge is -2.32. The van der Waals surface area contributed by atoms with Crippen LogP contribution in [0.15, 0.2) is 59.5 Å². The lowest BCUT2D eigenvalue weighted by molar-refractivity contribution is -0.137. The fraction of sp³-hybridized carbons (Fsp3) is 0.417. The van der Waals surface area contributed by atoms with Crippen LogP contribution in [0.1, 0.15) is 32.3 Å².